The number of hydrogen-bond acceptors (Lipinski definition) is 1. The van der Waals surface area contributed by atoms with Crippen molar-refractivity contribution < 1.29 is 0 Å². The maximum absolute atomic E-state index is 2.47. The Labute approximate surface area is 98.8 Å². The van der Waals surface area contributed by atoms with E-state index in [9.17, 15) is 0 Å². The molecular formula is C15H21N. The molecule has 1 heteroatoms. The number of rotatable bonds is 1. The number of aryl methyl sites for hydroxylation is 1. The topological polar surface area (TPSA) is 3.24 Å². The second-order valence-corrected chi connectivity index (χ2v) is 5.25. The highest BCUT2D eigenvalue weighted by Crippen LogP contribution is 2.38. The summed E-state index contributed by atoms with van der Waals surface area (Å²) >= 11 is 0. The van der Waals surface area contributed by atoms with E-state index in [2.05, 4.69) is 63.8 Å². The predicted molar refractivity (Wildman–Crippen MR) is 71.9 cm³/mol. The molecule has 86 valence electrons. The van der Waals surface area contributed by atoms with Crippen LogP contribution in [0.25, 0.3) is 5.57 Å². The van der Waals surface area contributed by atoms with E-state index >= 15 is 0 Å². The van der Waals surface area contributed by atoms with Gasteiger partial charge in [0.2, 0.25) is 0 Å². The van der Waals surface area contributed by atoms with Crippen LogP contribution in [-0.2, 0) is 0 Å². The molecule has 0 atom stereocenters. The summed E-state index contributed by atoms with van der Waals surface area (Å²) in [6, 6.07) is 6.74. The summed E-state index contributed by atoms with van der Waals surface area (Å²) in [4.78, 5) is 2.47. The number of fused-ring (bicyclic) bond motifs is 1. The van der Waals surface area contributed by atoms with Crippen molar-refractivity contribution in [2.75, 3.05) is 11.4 Å². The Balaban J connectivity index is 2.64. The van der Waals surface area contributed by atoms with E-state index in [1.54, 1.807) is 0 Å². The van der Waals surface area contributed by atoms with Crippen molar-refractivity contribution in [1.82, 2.24) is 0 Å². The van der Waals surface area contributed by atoms with Gasteiger partial charge in [-0.25, -0.2) is 0 Å². The van der Waals surface area contributed by atoms with Crippen LogP contribution in [0.15, 0.2) is 24.3 Å². The minimum atomic E-state index is 0.125. The highest BCUT2D eigenvalue weighted by molar-refractivity contribution is 5.81. The van der Waals surface area contributed by atoms with Gasteiger partial charge in [0.15, 0.2) is 0 Å². The van der Waals surface area contributed by atoms with Gasteiger partial charge in [0.1, 0.15) is 0 Å². The molecular weight excluding hydrogens is 194 g/mol. The van der Waals surface area contributed by atoms with E-state index < -0.39 is 0 Å². The van der Waals surface area contributed by atoms with Gasteiger partial charge in [-0.05, 0) is 51.8 Å². The summed E-state index contributed by atoms with van der Waals surface area (Å²) in [6.45, 7) is 12.2. The molecule has 16 heavy (non-hydrogen) atoms. The van der Waals surface area contributed by atoms with Crippen LogP contribution in [0.3, 0.4) is 0 Å². The zero-order valence-electron chi connectivity index (χ0n) is 11.0. The predicted octanol–water partition coefficient (Wildman–Crippen LogP) is 4.02. The van der Waals surface area contributed by atoms with E-state index in [0.717, 1.165) is 6.54 Å². The molecule has 1 aliphatic heterocycles. The van der Waals surface area contributed by atoms with Crippen molar-refractivity contribution >= 4 is 11.3 Å². The van der Waals surface area contributed by atoms with Crippen molar-refractivity contribution in [3.8, 4) is 0 Å². The van der Waals surface area contributed by atoms with Crippen LogP contribution in [0.1, 0.15) is 38.8 Å². The first-order chi connectivity index (χ1) is 7.45. The molecule has 0 amide bonds. The van der Waals surface area contributed by atoms with Crippen molar-refractivity contribution in [3.05, 3.63) is 35.4 Å². The third-order valence-electron chi connectivity index (χ3n) is 3.45. The Bertz CT molecular complexity index is 441. The lowest BCUT2D eigenvalue weighted by Gasteiger charge is -2.43. The van der Waals surface area contributed by atoms with Crippen LogP contribution in [0.2, 0.25) is 0 Å². The van der Waals surface area contributed by atoms with Gasteiger partial charge in [0.05, 0.1) is 5.54 Å². The first-order valence-corrected chi connectivity index (χ1v) is 6.04. The van der Waals surface area contributed by atoms with Gasteiger partial charge in [-0.15, -0.1) is 0 Å². The standard InChI is InChI=1S/C15H21N/c1-6-16-14-9-11(2)7-8-13(14)12(3)10-15(16,4)5/h7-10H,6H2,1-5H3. The Morgan fingerprint density at radius 1 is 1.19 bits per heavy atom. The number of anilines is 1. The van der Waals surface area contributed by atoms with Crippen LogP contribution in [0, 0.1) is 6.92 Å². The maximum Gasteiger partial charge on any atom is 0.0534 e. The van der Waals surface area contributed by atoms with Gasteiger partial charge in [0.25, 0.3) is 0 Å². The van der Waals surface area contributed by atoms with E-state index in [-0.39, 0.29) is 5.54 Å². The molecule has 1 heterocycles. The largest absolute Gasteiger partial charge is 0.363 e. The molecule has 0 spiro atoms. The summed E-state index contributed by atoms with van der Waals surface area (Å²) in [5, 5.41) is 0. The Kier molecular flexibility index (Phi) is 2.57. The molecule has 0 saturated carbocycles. The van der Waals surface area contributed by atoms with Crippen molar-refractivity contribution in [2.45, 2.75) is 40.2 Å². The molecule has 0 bridgehead atoms. The number of allylic oxidation sites excluding steroid dienone is 1. The molecule has 1 aromatic carbocycles. The number of likely N-dealkylation sites (N-methyl/N-ethyl adjacent to an activating group) is 1. The van der Waals surface area contributed by atoms with E-state index in [0.29, 0.717) is 0 Å². The monoisotopic (exact) mass is 215 g/mol. The van der Waals surface area contributed by atoms with Crippen molar-refractivity contribution in [2.24, 2.45) is 0 Å². The zero-order valence-corrected chi connectivity index (χ0v) is 11.0. The highest BCUT2D eigenvalue weighted by Gasteiger charge is 2.29. The van der Waals surface area contributed by atoms with E-state index in [4.69, 9.17) is 0 Å². The van der Waals surface area contributed by atoms with Crippen LogP contribution in [0.5, 0.6) is 0 Å². The van der Waals surface area contributed by atoms with Gasteiger partial charge in [-0.1, -0.05) is 18.2 Å². The fourth-order valence-corrected chi connectivity index (χ4v) is 2.77. The number of nitrogens with zero attached hydrogens (tertiary/aromatic N) is 1. The van der Waals surface area contributed by atoms with Gasteiger partial charge >= 0.3 is 0 Å². The lowest BCUT2D eigenvalue weighted by atomic mass is 9.88. The van der Waals surface area contributed by atoms with Crippen LogP contribution < -0.4 is 4.90 Å². The third kappa shape index (κ3) is 1.64. The number of hydrogen-bond donors (Lipinski definition) is 0. The van der Waals surface area contributed by atoms with Crippen LogP contribution >= 0.6 is 0 Å². The SMILES string of the molecule is CCN1c2cc(C)ccc2C(C)=CC1(C)C. The first-order valence-electron chi connectivity index (χ1n) is 6.04. The van der Waals surface area contributed by atoms with Gasteiger partial charge in [-0.3, -0.25) is 0 Å². The minimum absolute atomic E-state index is 0.125. The average molecular weight is 215 g/mol. The Morgan fingerprint density at radius 3 is 2.50 bits per heavy atom. The molecule has 0 N–H and O–H groups in total. The normalized spacial score (nSPS) is 18.1. The molecule has 1 aromatic rings. The van der Waals surface area contributed by atoms with Gasteiger partial charge in [0, 0.05) is 17.8 Å². The van der Waals surface area contributed by atoms with Crippen molar-refractivity contribution in [3.63, 3.8) is 0 Å². The van der Waals surface area contributed by atoms with Crippen LogP contribution in [-0.4, -0.2) is 12.1 Å². The summed E-state index contributed by atoms with van der Waals surface area (Å²) in [6.07, 6.45) is 2.37. The molecule has 0 aliphatic carbocycles. The lowest BCUT2D eigenvalue weighted by Crippen LogP contribution is -2.44. The Hall–Kier alpha value is -1.24. The molecule has 1 aliphatic rings. The fraction of sp³-hybridized carbons (Fsp3) is 0.467. The average Bonchev–Trinajstić information content (AvgIpc) is 2.16. The molecule has 0 aromatic heterocycles. The van der Waals surface area contributed by atoms with Gasteiger partial charge in [-0.2, -0.15) is 0 Å². The Morgan fingerprint density at radius 2 is 1.88 bits per heavy atom. The zero-order chi connectivity index (χ0) is 11.9. The van der Waals surface area contributed by atoms with E-state index in [1.165, 1.54) is 22.4 Å². The summed E-state index contributed by atoms with van der Waals surface area (Å²) in [5.74, 6) is 0. The lowest BCUT2D eigenvalue weighted by molar-refractivity contribution is 0.566. The quantitative estimate of drug-likeness (QED) is 0.684. The van der Waals surface area contributed by atoms with Crippen LogP contribution in [0.4, 0.5) is 5.69 Å². The van der Waals surface area contributed by atoms with Gasteiger partial charge < -0.3 is 4.90 Å². The maximum atomic E-state index is 2.47. The smallest absolute Gasteiger partial charge is 0.0534 e. The summed E-state index contributed by atoms with van der Waals surface area (Å²) in [7, 11) is 0. The third-order valence-corrected chi connectivity index (χ3v) is 3.45. The number of benzene rings is 1. The molecule has 0 unspecified atom stereocenters. The molecule has 0 fully saturated rings. The minimum Gasteiger partial charge on any atom is -0.363 e. The molecule has 1 nitrogen and oxygen atoms in total. The second kappa shape index (κ2) is 3.65. The second-order valence-electron chi connectivity index (χ2n) is 5.25. The van der Waals surface area contributed by atoms with Crippen molar-refractivity contribution in [1.29, 1.82) is 0 Å². The summed E-state index contributed by atoms with van der Waals surface area (Å²) < 4.78 is 0. The fourth-order valence-electron chi connectivity index (χ4n) is 2.77. The van der Waals surface area contributed by atoms with E-state index in [1.807, 2.05) is 0 Å². The molecule has 0 saturated heterocycles. The molecule has 2 rings (SSSR count). The molecule has 0 radical (unpaired) electrons. The first kappa shape index (κ1) is 11.3. The summed E-state index contributed by atoms with van der Waals surface area (Å²) in [5.41, 5.74) is 5.62. The highest BCUT2D eigenvalue weighted by atomic mass is 15.2.